The molecule has 1 heterocycles. The van der Waals surface area contributed by atoms with Crippen LogP contribution in [0.5, 0.6) is 0 Å². The van der Waals surface area contributed by atoms with E-state index in [0.29, 0.717) is 25.6 Å². The van der Waals surface area contributed by atoms with Gasteiger partial charge in [-0.3, -0.25) is 9.79 Å². The van der Waals surface area contributed by atoms with Crippen LogP contribution in [0, 0.1) is 11.6 Å². The average Bonchev–Trinajstić information content (AvgIpc) is 3.13. The monoisotopic (exact) mass is 541 g/mol. The van der Waals surface area contributed by atoms with E-state index in [0.717, 1.165) is 28.5 Å². The third-order valence-corrected chi connectivity index (χ3v) is 4.66. The van der Waals surface area contributed by atoms with Crippen molar-refractivity contribution in [1.29, 1.82) is 0 Å². The maximum absolute atomic E-state index is 13.3. The average molecular weight is 541 g/mol. The zero-order valence-corrected chi connectivity index (χ0v) is 19.5. The Labute approximate surface area is 196 Å². The zero-order valence-electron chi connectivity index (χ0n) is 17.2. The van der Waals surface area contributed by atoms with Crippen LogP contribution in [-0.4, -0.2) is 43.5 Å². The number of carbonyl (C=O) groups is 1. The molecule has 166 valence electrons. The molecule has 0 saturated heterocycles. The van der Waals surface area contributed by atoms with Crippen LogP contribution >= 0.6 is 24.0 Å². The Kier molecular flexibility index (Phi) is 9.70. The number of hydrogen-bond donors (Lipinski definition) is 4. The largest absolute Gasteiger partial charge is 0.361 e. The first kappa shape index (κ1) is 24.6. The van der Waals surface area contributed by atoms with Gasteiger partial charge in [-0.1, -0.05) is 12.1 Å². The Morgan fingerprint density at radius 2 is 1.65 bits per heavy atom. The molecule has 0 unspecified atom stereocenters. The maximum Gasteiger partial charge on any atom is 0.224 e. The Morgan fingerprint density at radius 3 is 2.39 bits per heavy atom. The first-order chi connectivity index (χ1) is 14.5. The minimum Gasteiger partial charge on any atom is -0.361 e. The number of nitrogens with zero attached hydrogens (tertiary/aromatic N) is 1. The van der Waals surface area contributed by atoms with E-state index < -0.39 is 0 Å². The van der Waals surface area contributed by atoms with E-state index >= 15 is 0 Å². The number of fused-ring (bicyclic) bond motifs is 1. The molecule has 31 heavy (non-hydrogen) atoms. The van der Waals surface area contributed by atoms with Crippen LogP contribution in [-0.2, 0) is 17.6 Å². The van der Waals surface area contributed by atoms with Gasteiger partial charge in [-0.05, 0) is 47.9 Å². The number of guanidine groups is 1. The van der Waals surface area contributed by atoms with Crippen molar-refractivity contribution < 1.29 is 13.6 Å². The van der Waals surface area contributed by atoms with E-state index in [-0.39, 0.29) is 47.9 Å². The molecule has 0 spiro atoms. The summed E-state index contributed by atoms with van der Waals surface area (Å²) in [6, 6.07) is 10.6. The number of hydrogen-bond acceptors (Lipinski definition) is 2. The molecule has 0 bridgehead atoms. The molecule has 1 aromatic heterocycles. The summed E-state index contributed by atoms with van der Waals surface area (Å²) in [4.78, 5) is 19.2. The summed E-state index contributed by atoms with van der Waals surface area (Å²) in [6.45, 7) is 1.61. The summed E-state index contributed by atoms with van der Waals surface area (Å²) >= 11 is 0. The number of nitrogens with one attached hydrogen (secondary N) is 4. The second-order valence-electron chi connectivity index (χ2n) is 6.83. The Hall–Kier alpha value is -2.69. The fourth-order valence-electron chi connectivity index (χ4n) is 3.13. The first-order valence-corrected chi connectivity index (χ1v) is 9.76. The first-order valence-electron chi connectivity index (χ1n) is 9.76. The SMILES string of the molecule is CN=C(NCCNC(=O)Cc1ccc(F)cc1)NCCc1c[nH]c2cc(F)ccc12.I. The molecule has 0 aliphatic heterocycles. The highest BCUT2D eigenvalue weighted by molar-refractivity contribution is 14.0. The van der Waals surface area contributed by atoms with Gasteiger partial charge >= 0.3 is 0 Å². The van der Waals surface area contributed by atoms with E-state index in [4.69, 9.17) is 0 Å². The van der Waals surface area contributed by atoms with Gasteiger partial charge in [0.1, 0.15) is 11.6 Å². The van der Waals surface area contributed by atoms with Crippen molar-refractivity contribution in [1.82, 2.24) is 20.9 Å². The molecule has 2 aromatic carbocycles. The summed E-state index contributed by atoms with van der Waals surface area (Å²) in [5.74, 6) is -0.0694. The summed E-state index contributed by atoms with van der Waals surface area (Å²) in [6.07, 6.45) is 2.85. The molecule has 0 saturated carbocycles. The van der Waals surface area contributed by atoms with Gasteiger partial charge in [0.2, 0.25) is 5.91 Å². The van der Waals surface area contributed by atoms with Crippen molar-refractivity contribution in [2.75, 3.05) is 26.7 Å². The molecule has 0 aliphatic rings. The van der Waals surface area contributed by atoms with Gasteiger partial charge in [0, 0.05) is 43.8 Å². The van der Waals surface area contributed by atoms with Gasteiger partial charge in [-0.25, -0.2) is 8.78 Å². The van der Waals surface area contributed by atoms with Gasteiger partial charge < -0.3 is 20.9 Å². The minimum atomic E-state index is -0.319. The zero-order chi connectivity index (χ0) is 21.3. The van der Waals surface area contributed by atoms with Gasteiger partial charge in [-0.15, -0.1) is 24.0 Å². The number of benzene rings is 2. The number of aromatic nitrogens is 1. The van der Waals surface area contributed by atoms with Gasteiger partial charge in [-0.2, -0.15) is 0 Å². The van der Waals surface area contributed by atoms with Crippen LogP contribution in [0.15, 0.2) is 53.7 Å². The van der Waals surface area contributed by atoms with E-state index in [1.165, 1.54) is 24.3 Å². The summed E-state index contributed by atoms with van der Waals surface area (Å²) < 4.78 is 26.2. The quantitative estimate of drug-likeness (QED) is 0.153. The van der Waals surface area contributed by atoms with E-state index in [2.05, 4.69) is 25.9 Å². The fourth-order valence-corrected chi connectivity index (χ4v) is 3.13. The van der Waals surface area contributed by atoms with E-state index in [1.54, 1.807) is 25.2 Å². The lowest BCUT2D eigenvalue weighted by molar-refractivity contribution is -0.120. The third kappa shape index (κ3) is 7.50. The van der Waals surface area contributed by atoms with Crippen LogP contribution in [0.4, 0.5) is 8.78 Å². The number of rotatable bonds is 8. The molecule has 0 radical (unpaired) electrons. The maximum atomic E-state index is 13.3. The van der Waals surface area contributed by atoms with Crippen LogP contribution in [0.2, 0.25) is 0 Å². The molecule has 0 atom stereocenters. The molecule has 0 aliphatic carbocycles. The molecular weight excluding hydrogens is 515 g/mol. The summed E-state index contributed by atoms with van der Waals surface area (Å²) in [5.41, 5.74) is 2.64. The van der Waals surface area contributed by atoms with Crippen LogP contribution in [0.1, 0.15) is 11.1 Å². The molecule has 4 N–H and O–H groups in total. The van der Waals surface area contributed by atoms with Gasteiger partial charge in [0.05, 0.1) is 6.42 Å². The molecule has 9 heteroatoms. The highest BCUT2D eigenvalue weighted by Crippen LogP contribution is 2.19. The molecular formula is C22H26F2IN5O. The number of carbonyl (C=O) groups excluding carboxylic acids is 1. The summed E-state index contributed by atoms with van der Waals surface area (Å²) in [5, 5.41) is 10.2. The van der Waals surface area contributed by atoms with E-state index in [9.17, 15) is 13.6 Å². The van der Waals surface area contributed by atoms with E-state index in [1.807, 2.05) is 6.20 Å². The Morgan fingerprint density at radius 1 is 0.968 bits per heavy atom. The topological polar surface area (TPSA) is 81.3 Å². The third-order valence-electron chi connectivity index (χ3n) is 4.66. The van der Waals surface area contributed by atoms with Crippen LogP contribution in [0.25, 0.3) is 10.9 Å². The second-order valence-corrected chi connectivity index (χ2v) is 6.83. The number of halogens is 3. The number of aliphatic imine (C=N–C) groups is 1. The predicted molar refractivity (Wildman–Crippen MR) is 130 cm³/mol. The van der Waals surface area contributed by atoms with Crippen molar-refractivity contribution in [3.05, 3.63) is 71.4 Å². The lowest BCUT2D eigenvalue weighted by Crippen LogP contribution is -2.42. The van der Waals surface area contributed by atoms with Gasteiger partial charge in [0.15, 0.2) is 5.96 Å². The smallest absolute Gasteiger partial charge is 0.224 e. The number of H-pyrrole nitrogens is 1. The fraction of sp³-hybridized carbons (Fsp3) is 0.273. The van der Waals surface area contributed by atoms with Crippen molar-refractivity contribution in [3.8, 4) is 0 Å². The molecule has 3 rings (SSSR count). The standard InChI is InChI=1S/C22H25F2N5O.HI/c1-25-22(27-9-8-16-14-29-20-13-18(24)6-7-19(16)20)28-11-10-26-21(30)12-15-2-4-17(23)5-3-15;/h2-7,13-14,29H,8-12H2,1H3,(H,26,30)(H2,25,27,28);1H. The van der Waals surface area contributed by atoms with Crippen LogP contribution < -0.4 is 16.0 Å². The molecule has 1 amide bonds. The van der Waals surface area contributed by atoms with Crippen molar-refractivity contribution in [2.24, 2.45) is 4.99 Å². The minimum absolute atomic E-state index is 0. The second kappa shape index (κ2) is 12.2. The molecule has 3 aromatic rings. The highest BCUT2D eigenvalue weighted by Gasteiger charge is 2.06. The predicted octanol–water partition coefficient (Wildman–Crippen LogP) is 3.13. The van der Waals surface area contributed by atoms with Gasteiger partial charge in [0.25, 0.3) is 0 Å². The lowest BCUT2D eigenvalue weighted by Gasteiger charge is -2.12. The Balaban J connectivity index is 0.00000341. The highest BCUT2D eigenvalue weighted by atomic mass is 127. The molecule has 0 fully saturated rings. The number of aromatic amines is 1. The van der Waals surface area contributed by atoms with Crippen LogP contribution in [0.3, 0.4) is 0 Å². The molecule has 6 nitrogen and oxygen atoms in total. The van der Waals surface area contributed by atoms with Crippen molar-refractivity contribution >= 4 is 46.7 Å². The Bertz CT molecular complexity index is 1020. The number of amides is 1. The van der Waals surface area contributed by atoms with Crippen molar-refractivity contribution in [3.63, 3.8) is 0 Å². The lowest BCUT2D eigenvalue weighted by atomic mass is 10.1. The normalized spacial score (nSPS) is 11.1. The summed E-state index contributed by atoms with van der Waals surface area (Å²) in [7, 11) is 1.68. The van der Waals surface area contributed by atoms with Crippen molar-refractivity contribution in [2.45, 2.75) is 12.8 Å².